The molecule has 1 aliphatic carbocycles. The predicted molar refractivity (Wildman–Crippen MR) is 102 cm³/mol. The van der Waals surface area contributed by atoms with Gasteiger partial charge in [0.05, 0.1) is 0 Å². The van der Waals surface area contributed by atoms with Crippen LogP contribution in [0.4, 0.5) is 0 Å². The fourth-order valence-corrected chi connectivity index (χ4v) is 3.84. The van der Waals surface area contributed by atoms with Crippen LogP contribution in [0.2, 0.25) is 0 Å². The zero-order valence-electron chi connectivity index (χ0n) is 16.1. The summed E-state index contributed by atoms with van der Waals surface area (Å²) >= 11 is 1.50. The summed E-state index contributed by atoms with van der Waals surface area (Å²) in [5.74, 6) is -0.0969. The molecule has 26 heavy (non-hydrogen) atoms. The quantitative estimate of drug-likeness (QED) is 0.446. The van der Waals surface area contributed by atoms with Crippen LogP contribution in [0.5, 0.6) is 0 Å². The fourth-order valence-electron chi connectivity index (χ4n) is 3.39. The number of esters is 1. The minimum Gasteiger partial charge on any atom is -0.456 e. The van der Waals surface area contributed by atoms with Crippen molar-refractivity contribution in [2.75, 3.05) is 12.9 Å². The number of aromatic nitrogens is 2. The SMILES string of the molecule is CSc1nc(C)c(CCC(=O)OCC(=O)N[C@@H]2CCCC[C@H]2C)c(C)n1. The Morgan fingerprint density at radius 2 is 1.85 bits per heavy atom. The van der Waals surface area contributed by atoms with Gasteiger partial charge in [0.25, 0.3) is 5.91 Å². The summed E-state index contributed by atoms with van der Waals surface area (Å²) in [4.78, 5) is 32.8. The molecule has 0 spiro atoms. The van der Waals surface area contributed by atoms with Crippen LogP contribution >= 0.6 is 11.8 Å². The molecule has 144 valence electrons. The Morgan fingerprint density at radius 1 is 1.19 bits per heavy atom. The lowest BCUT2D eigenvalue weighted by Gasteiger charge is -2.29. The maximum atomic E-state index is 12.0. The van der Waals surface area contributed by atoms with E-state index in [4.69, 9.17) is 4.74 Å². The second kappa shape index (κ2) is 9.90. The van der Waals surface area contributed by atoms with Crippen molar-refractivity contribution in [3.8, 4) is 0 Å². The normalized spacial score (nSPS) is 19.8. The molecule has 1 saturated carbocycles. The van der Waals surface area contributed by atoms with Crippen LogP contribution in [0.25, 0.3) is 0 Å². The van der Waals surface area contributed by atoms with Gasteiger partial charge in [0.15, 0.2) is 11.8 Å². The maximum absolute atomic E-state index is 12.0. The number of thioether (sulfide) groups is 1. The van der Waals surface area contributed by atoms with E-state index in [9.17, 15) is 9.59 Å². The standard InChI is InChI=1S/C19H29N3O3S/c1-12-7-5-6-8-16(12)22-17(23)11-25-18(24)10-9-15-13(2)20-19(26-4)21-14(15)3/h12,16H,5-11H2,1-4H3,(H,22,23)/t12-,16-/m1/s1. The third kappa shape index (κ3) is 5.97. The van der Waals surface area contributed by atoms with Gasteiger partial charge in [-0.3, -0.25) is 9.59 Å². The molecule has 2 rings (SSSR count). The Bertz CT molecular complexity index is 628. The first kappa shape index (κ1) is 20.7. The first-order chi connectivity index (χ1) is 12.4. The molecule has 1 amide bonds. The summed E-state index contributed by atoms with van der Waals surface area (Å²) in [6.07, 6.45) is 7.19. The van der Waals surface area contributed by atoms with E-state index in [1.54, 1.807) is 0 Å². The molecule has 2 atom stereocenters. The highest BCUT2D eigenvalue weighted by atomic mass is 32.2. The van der Waals surface area contributed by atoms with E-state index in [0.29, 0.717) is 12.3 Å². The summed E-state index contributed by atoms with van der Waals surface area (Å²) in [7, 11) is 0. The van der Waals surface area contributed by atoms with Gasteiger partial charge in [-0.25, -0.2) is 9.97 Å². The number of carbonyl (C=O) groups excluding carboxylic acids is 2. The van der Waals surface area contributed by atoms with Gasteiger partial charge in [-0.2, -0.15) is 0 Å². The van der Waals surface area contributed by atoms with E-state index in [2.05, 4.69) is 22.2 Å². The summed E-state index contributed by atoms with van der Waals surface area (Å²) in [6.45, 7) is 5.80. The van der Waals surface area contributed by atoms with Crippen LogP contribution in [-0.2, 0) is 20.7 Å². The van der Waals surface area contributed by atoms with E-state index in [1.165, 1.54) is 18.2 Å². The lowest BCUT2D eigenvalue weighted by atomic mass is 9.86. The number of nitrogens with zero attached hydrogens (tertiary/aromatic N) is 2. The number of hydrogen-bond acceptors (Lipinski definition) is 6. The molecule has 0 bridgehead atoms. The van der Waals surface area contributed by atoms with Gasteiger partial charge in [0.2, 0.25) is 0 Å². The van der Waals surface area contributed by atoms with E-state index in [0.717, 1.165) is 41.4 Å². The Morgan fingerprint density at radius 3 is 2.46 bits per heavy atom. The molecule has 1 heterocycles. The number of nitrogens with one attached hydrogen (secondary N) is 1. The van der Waals surface area contributed by atoms with Crippen LogP contribution in [0.3, 0.4) is 0 Å². The molecule has 0 aromatic carbocycles. The van der Waals surface area contributed by atoms with Crippen LogP contribution in [0, 0.1) is 19.8 Å². The number of hydrogen-bond donors (Lipinski definition) is 1. The Labute approximate surface area is 159 Å². The van der Waals surface area contributed by atoms with Crippen molar-refractivity contribution in [3.63, 3.8) is 0 Å². The number of aryl methyl sites for hydroxylation is 2. The lowest BCUT2D eigenvalue weighted by molar-refractivity contribution is -0.148. The predicted octanol–water partition coefficient (Wildman–Crippen LogP) is 2.99. The third-order valence-corrected chi connectivity index (χ3v) is 5.53. The second-order valence-corrected chi connectivity index (χ2v) is 7.73. The lowest BCUT2D eigenvalue weighted by Crippen LogP contribution is -2.42. The molecule has 0 aliphatic heterocycles. The van der Waals surface area contributed by atoms with Gasteiger partial charge >= 0.3 is 5.97 Å². The van der Waals surface area contributed by atoms with E-state index < -0.39 is 0 Å². The zero-order valence-corrected chi connectivity index (χ0v) is 16.9. The molecule has 0 radical (unpaired) electrons. The molecule has 0 saturated heterocycles. The van der Waals surface area contributed by atoms with E-state index in [1.807, 2.05) is 20.1 Å². The summed E-state index contributed by atoms with van der Waals surface area (Å²) < 4.78 is 5.13. The highest BCUT2D eigenvalue weighted by Crippen LogP contribution is 2.23. The van der Waals surface area contributed by atoms with E-state index in [-0.39, 0.29) is 30.9 Å². The number of amides is 1. The molecule has 1 aromatic heterocycles. The van der Waals surface area contributed by atoms with Crippen molar-refractivity contribution in [2.24, 2.45) is 5.92 Å². The van der Waals surface area contributed by atoms with E-state index >= 15 is 0 Å². The Kier molecular flexibility index (Phi) is 7.87. The highest BCUT2D eigenvalue weighted by molar-refractivity contribution is 7.98. The van der Waals surface area contributed by atoms with Gasteiger partial charge < -0.3 is 10.1 Å². The van der Waals surface area contributed by atoms with Crippen molar-refractivity contribution < 1.29 is 14.3 Å². The number of carbonyl (C=O) groups is 2. The molecule has 7 heteroatoms. The van der Waals surface area contributed by atoms with Crippen molar-refractivity contribution in [2.45, 2.75) is 70.5 Å². The second-order valence-electron chi connectivity index (χ2n) is 6.96. The van der Waals surface area contributed by atoms with Crippen LogP contribution in [0.15, 0.2) is 5.16 Å². The Hall–Kier alpha value is -1.63. The first-order valence-electron chi connectivity index (χ1n) is 9.23. The highest BCUT2D eigenvalue weighted by Gasteiger charge is 2.23. The van der Waals surface area contributed by atoms with Gasteiger partial charge in [0, 0.05) is 23.9 Å². The van der Waals surface area contributed by atoms with Crippen molar-refractivity contribution >= 4 is 23.6 Å². The van der Waals surface area contributed by atoms with Crippen LogP contribution in [0.1, 0.15) is 56.0 Å². The number of ether oxygens (including phenoxy) is 1. The van der Waals surface area contributed by atoms with Crippen molar-refractivity contribution in [1.29, 1.82) is 0 Å². The molecule has 0 unspecified atom stereocenters. The molecular weight excluding hydrogens is 350 g/mol. The van der Waals surface area contributed by atoms with Crippen LogP contribution < -0.4 is 5.32 Å². The van der Waals surface area contributed by atoms with Gasteiger partial charge in [-0.1, -0.05) is 31.5 Å². The molecule has 1 aromatic rings. The summed E-state index contributed by atoms with van der Waals surface area (Å²) in [5.41, 5.74) is 2.75. The minimum atomic E-state index is -0.371. The molecule has 6 nitrogen and oxygen atoms in total. The van der Waals surface area contributed by atoms with Crippen LogP contribution in [-0.4, -0.2) is 40.7 Å². The topological polar surface area (TPSA) is 81.2 Å². The summed E-state index contributed by atoms with van der Waals surface area (Å²) in [6, 6.07) is 0.201. The Balaban J connectivity index is 1.76. The summed E-state index contributed by atoms with van der Waals surface area (Å²) in [5, 5.41) is 3.73. The third-order valence-electron chi connectivity index (χ3n) is 4.98. The van der Waals surface area contributed by atoms with Crippen molar-refractivity contribution in [1.82, 2.24) is 15.3 Å². The average Bonchev–Trinajstić information content (AvgIpc) is 2.61. The van der Waals surface area contributed by atoms with Crippen molar-refractivity contribution in [3.05, 3.63) is 17.0 Å². The molecule has 1 N–H and O–H groups in total. The maximum Gasteiger partial charge on any atom is 0.306 e. The number of rotatable bonds is 7. The first-order valence-corrected chi connectivity index (χ1v) is 10.5. The average molecular weight is 380 g/mol. The molecular formula is C19H29N3O3S. The monoisotopic (exact) mass is 379 g/mol. The largest absolute Gasteiger partial charge is 0.456 e. The minimum absolute atomic E-state index is 0.201. The molecule has 1 aliphatic rings. The van der Waals surface area contributed by atoms with Gasteiger partial charge in [-0.05, 0) is 50.8 Å². The zero-order chi connectivity index (χ0) is 19.1. The van der Waals surface area contributed by atoms with Gasteiger partial charge in [0.1, 0.15) is 0 Å². The smallest absolute Gasteiger partial charge is 0.306 e. The van der Waals surface area contributed by atoms with Gasteiger partial charge in [-0.15, -0.1) is 0 Å². The molecule has 1 fully saturated rings. The fraction of sp³-hybridized carbons (Fsp3) is 0.684.